The topological polar surface area (TPSA) is 48.6 Å². The molecule has 1 saturated heterocycles. The second-order valence-electron chi connectivity index (χ2n) is 11.2. The van der Waals surface area contributed by atoms with Crippen molar-refractivity contribution in [3.63, 3.8) is 0 Å². The lowest BCUT2D eigenvalue weighted by molar-refractivity contribution is -0.692. The average Bonchev–Trinajstić information content (AvgIpc) is 3.61. The molecule has 2 heterocycles. The molecule has 0 aliphatic carbocycles. The Balaban J connectivity index is 1.28. The van der Waals surface area contributed by atoms with Gasteiger partial charge in [-0.2, -0.15) is 4.57 Å². The van der Waals surface area contributed by atoms with Gasteiger partial charge in [-0.05, 0) is 25.7 Å². The average molecular weight is 553 g/mol. The van der Waals surface area contributed by atoms with Crippen LogP contribution in [0.1, 0.15) is 148 Å². The van der Waals surface area contributed by atoms with E-state index in [0.717, 1.165) is 38.6 Å². The van der Waals surface area contributed by atoms with Gasteiger partial charge in [-0.25, -0.2) is 0 Å². The van der Waals surface area contributed by atoms with E-state index in [2.05, 4.69) is 28.6 Å². The summed E-state index contributed by atoms with van der Waals surface area (Å²) >= 11 is 1.71. The van der Waals surface area contributed by atoms with Gasteiger partial charge in [-0.15, -0.1) is 0 Å². The number of carbonyl (C=O) groups excluding carboxylic acids is 1. The van der Waals surface area contributed by atoms with Crippen molar-refractivity contribution in [2.45, 2.75) is 167 Å². The highest BCUT2D eigenvalue weighted by Gasteiger charge is 2.26. The lowest BCUT2D eigenvalue weighted by Gasteiger charge is -2.12. The van der Waals surface area contributed by atoms with Crippen molar-refractivity contribution in [1.29, 1.82) is 0 Å². The van der Waals surface area contributed by atoms with E-state index in [1.54, 1.807) is 11.3 Å². The van der Waals surface area contributed by atoms with Gasteiger partial charge in [0.1, 0.15) is 19.3 Å². The lowest BCUT2D eigenvalue weighted by atomic mass is 10.0. The minimum atomic E-state index is -0.121. The molecule has 0 N–H and O–H groups in total. The second-order valence-corrected chi connectivity index (χ2v) is 12.0. The molecule has 1 aromatic rings. The molecule has 0 radical (unpaired) electrons. The number of thiazole rings is 1. The fourth-order valence-corrected chi connectivity index (χ4v) is 5.80. The normalized spacial score (nSPS) is 17.3. The van der Waals surface area contributed by atoms with Crippen LogP contribution in [0.25, 0.3) is 0 Å². The molecule has 0 bridgehead atoms. The predicted molar refractivity (Wildman–Crippen MR) is 157 cm³/mol. The molecular formula is C32H58NO4S+. The van der Waals surface area contributed by atoms with Crippen molar-refractivity contribution < 1.29 is 23.6 Å². The quantitative estimate of drug-likeness (QED) is 0.0654. The standard InChI is InChI=1S/C32H58NO4S/c1-2-3-4-5-6-7-8-9-10-11-12-13-14-15-16-17-20-23-32-36-28-30(37-32)27-35-31(34)22-19-18-21-24-33-25-26-38-29-33/h25-26,29-30,32H,2-24,27-28H2,1H3/q+1/t30-,32-/m1/s1. The Bertz CT molecular complexity index is 654. The zero-order valence-corrected chi connectivity index (χ0v) is 25.4. The number of hydrogen-bond donors (Lipinski definition) is 0. The monoisotopic (exact) mass is 552 g/mol. The van der Waals surface area contributed by atoms with Crippen LogP contribution in [0.4, 0.5) is 0 Å². The summed E-state index contributed by atoms with van der Waals surface area (Å²) in [6, 6.07) is 0. The molecule has 1 fully saturated rings. The Kier molecular flexibility index (Phi) is 20.9. The van der Waals surface area contributed by atoms with E-state index < -0.39 is 0 Å². The van der Waals surface area contributed by atoms with E-state index in [1.165, 1.54) is 103 Å². The summed E-state index contributed by atoms with van der Waals surface area (Å²) in [5.74, 6) is -0.117. The van der Waals surface area contributed by atoms with Crippen molar-refractivity contribution in [1.82, 2.24) is 0 Å². The molecule has 0 amide bonds. The van der Waals surface area contributed by atoms with E-state index in [1.807, 2.05) is 0 Å². The number of hydrogen-bond acceptors (Lipinski definition) is 5. The van der Waals surface area contributed by atoms with Gasteiger partial charge in [0.25, 0.3) is 0 Å². The summed E-state index contributed by atoms with van der Waals surface area (Å²) in [7, 11) is 0. The first kappa shape index (κ1) is 33.2. The van der Waals surface area contributed by atoms with Crippen molar-refractivity contribution >= 4 is 17.3 Å². The maximum atomic E-state index is 12.0. The first-order valence-electron chi connectivity index (χ1n) is 16.1. The van der Waals surface area contributed by atoms with Gasteiger partial charge in [-0.1, -0.05) is 121 Å². The van der Waals surface area contributed by atoms with Crippen LogP contribution in [-0.4, -0.2) is 31.6 Å². The number of esters is 1. The maximum Gasteiger partial charge on any atom is 0.305 e. The number of nitrogens with zero attached hydrogens (tertiary/aromatic N) is 1. The summed E-state index contributed by atoms with van der Waals surface area (Å²) in [4.78, 5) is 12.0. The molecule has 1 aliphatic heterocycles. The minimum Gasteiger partial charge on any atom is -0.463 e. The van der Waals surface area contributed by atoms with E-state index in [0.29, 0.717) is 19.6 Å². The zero-order chi connectivity index (χ0) is 26.9. The van der Waals surface area contributed by atoms with Crippen LogP contribution in [0.15, 0.2) is 17.1 Å². The molecule has 1 aliphatic rings. The van der Waals surface area contributed by atoms with Gasteiger partial charge in [0, 0.05) is 12.8 Å². The molecule has 1 aromatic heterocycles. The molecule has 2 atom stereocenters. The van der Waals surface area contributed by atoms with E-state index in [9.17, 15) is 4.79 Å². The van der Waals surface area contributed by atoms with Crippen molar-refractivity contribution in [2.24, 2.45) is 0 Å². The Labute approximate surface area is 238 Å². The van der Waals surface area contributed by atoms with Crippen LogP contribution in [0.3, 0.4) is 0 Å². The molecule has 0 saturated carbocycles. The molecule has 220 valence electrons. The van der Waals surface area contributed by atoms with Gasteiger partial charge in [0.15, 0.2) is 12.5 Å². The number of unbranched alkanes of at least 4 members (excludes halogenated alkanes) is 18. The maximum absolute atomic E-state index is 12.0. The fourth-order valence-electron chi connectivity index (χ4n) is 5.17. The van der Waals surface area contributed by atoms with Gasteiger partial charge >= 0.3 is 5.97 Å². The highest BCUT2D eigenvalue weighted by molar-refractivity contribution is 7.07. The number of carbonyl (C=O) groups is 1. The second kappa shape index (κ2) is 23.9. The van der Waals surface area contributed by atoms with Gasteiger partial charge < -0.3 is 14.2 Å². The SMILES string of the molecule is CCCCCCCCCCCCCCCCCCC[C@@H]1OC[C@@H](COC(=O)CCCCC[n+]2ccsc2)O1. The smallest absolute Gasteiger partial charge is 0.305 e. The largest absolute Gasteiger partial charge is 0.463 e. The van der Waals surface area contributed by atoms with Crippen molar-refractivity contribution in [3.05, 3.63) is 17.1 Å². The molecule has 0 aromatic carbocycles. The van der Waals surface area contributed by atoms with E-state index in [-0.39, 0.29) is 18.4 Å². The Morgan fingerprint density at radius 2 is 1.39 bits per heavy atom. The van der Waals surface area contributed by atoms with Gasteiger partial charge in [0.05, 0.1) is 12.0 Å². The first-order chi connectivity index (χ1) is 18.8. The summed E-state index contributed by atoms with van der Waals surface area (Å²) < 4.78 is 19.3. The molecule has 2 rings (SSSR count). The third kappa shape index (κ3) is 18.3. The highest BCUT2D eigenvalue weighted by Crippen LogP contribution is 2.19. The highest BCUT2D eigenvalue weighted by atomic mass is 32.1. The molecule has 38 heavy (non-hydrogen) atoms. The number of aromatic nitrogens is 1. The first-order valence-corrected chi connectivity index (χ1v) is 17.1. The third-order valence-electron chi connectivity index (χ3n) is 7.61. The fraction of sp³-hybridized carbons (Fsp3) is 0.875. The summed E-state index contributed by atoms with van der Waals surface area (Å²) in [5.41, 5.74) is 2.12. The zero-order valence-electron chi connectivity index (χ0n) is 24.6. The Morgan fingerprint density at radius 1 is 0.816 bits per heavy atom. The van der Waals surface area contributed by atoms with Gasteiger partial charge in [0.2, 0.25) is 5.51 Å². The lowest BCUT2D eigenvalue weighted by Crippen LogP contribution is -2.29. The third-order valence-corrected chi connectivity index (χ3v) is 8.28. The van der Waals surface area contributed by atoms with E-state index in [4.69, 9.17) is 14.2 Å². The Hall–Kier alpha value is -0.980. The van der Waals surface area contributed by atoms with Crippen LogP contribution in [0, 0.1) is 0 Å². The van der Waals surface area contributed by atoms with Crippen LogP contribution in [0.5, 0.6) is 0 Å². The predicted octanol–water partition coefficient (Wildman–Crippen LogP) is 8.92. The van der Waals surface area contributed by atoms with E-state index >= 15 is 0 Å². The molecule has 0 spiro atoms. The van der Waals surface area contributed by atoms with Crippen LogP contribution < -0.4 is 4.57 Å². The van der Waals surface area contributed by atoms with Crippen LogP contribution in [-0.2, 0) is 25.5 Å². The summed E-state index contributed by atoms with van der Waals surface area (Å²) in [6.07, 6.45) is 29.9. The number of rotatable bonds is 26. The summed E-state index contributed by atoms with van der Waals surface area (Å²) in [6.45, 7) is 4.16. The molecule has 0 unspecified atom stereocenters. The summed E-state index contributed by atoms with van der Waals surface area (Å²) in [5, 5.41) is 2.08. The van der Waals surface area contributed by atoms with Gasteiger partial charge in [-0.3, -0.25) is 4.79 Å². The number of ether oxygens (including phenoxy) is 3. The van der Waals surface area contributed by atoms with Crippen LogP contribution >= 0.6 is 11.3 Å². The Morgan fingerprint density at radius 3 is 1.97 bits per heavy atom. The van der Waals surface area contributed by atoms with Crippen molar-refractivity contribution in [3.8, 4) is 0 Å². The molecular weight excluding hydrogens is 494 g/mol. The van der Waals surface area contributed by atoms with Crippen molar-refractivity contribution in [2.75, 3.05) is 13.2 Å². The number of aryl methyl sites for hydroxylation is 1. The molecule has 6 heteroatoms. The molecule has 5 nitrogen and oxygen atoms in total. The van der Waals surface area contributed by atoms with Crippen LogP contribution in [0.2, 0.25) is 0 Å². The minimum absolute atomic E-state index is 0.107.